The van der Waals surface area contributed by atoms with E-state index in [1.807, 2.05) is 6.07 Å². The standard InChI is InChI=1S/C15H21N3O2/c1-20-15(19)11-2-3-12(16-8-11)9-17-13-6-7-18(10-13)14-4-5-14/h2-3,8,13-14,17H,4-7,9-10H2,1H3. The Labute approximate surface area is 119 Å². The lowest BCUT2D eigenvalue weighted by Gasteiger charge is -2.15. The average molecular weight is 275 g/mol. The van der Waals surface area contributed by atoms with E-state index in [0.717, 1.165) is 24.8 Å². The second-order valence-corrected chi connectivity index (χ2v) is 5.62. The van der Waals surface area contributed by atoms with Gasteiger partial charge in [-0.25, -0.2) is 4.79 Å². The quantitative estimate of drug-likeness (QED) is 0.818. The third-order valence-corrected chi connectivity index (χ3v) is 4.10. The molecule has 0 aromatic carbocycles. The predicted octanol–water partition coefficient (Wildman–Crippen LogP) is 1.19. The number of carbonyl (C=O) groups excluding carboxylic acids is 1. The minimum atomic E-state index is -0.340. The van der Waals surface area contributed by atoms with Gasteiger partial charge in [0, 0.05) is 37.9 Å². The molecule has 1 aromatic heterocycles. The van der Waals surface area contributed by atoms with E-state index in [1.54, 1.807) is 12.3 Å². The molecule has 1 saturated carbocycles. The van der Waals surface area contributed by atoms with E-state index in [4.69, 9.17) is 0 Å². The number of esters is 1. The first-order chi connectivity index (χ1) is 9.76. The minimum Gasteiger partial charge on any atom is -0.465 e. The van der Waals surface area contributed by atoms with Gasteiger partial charge in [0.25, 0.3) is 0 Å². The number of methoxy groups -OCH3 is 1. The zero-order chi connectivity index (χ0) is 13.9. The number of hydrogen-bond acceptors (Lipinski definition) is 5. The van der Waals surface area contributed by atoms with Gasteiger partial charge in [0.2, 0.25) is 0 Å². The van der Waals surface area contributed by atoms with Crippen LogP contribution < -0.4 is 5.32 Å². The van der Waals surface area contributed by atoms with Gasteiger partial charge in [0.1, 0.15) is 0 Å². The van der Waals surface area contributed by atoms with E-state index < -0.39 is 0 Å². The zero-order valence-corrected chi connectivity index (χ0v) is 11.8. The maximum atomic E-state index is 11.3. The van der Waals surface area contributed by atoms with Crippen molar-refractivity contribution in [3.05, 3.63) is 29.6 Å². The van der Waals surface area contributed by atoms with Gasteiger partial charge in [-0.05, 0) is 31.4 Å². The second kappa shape index (κ2) is 5.89. The average Bonchev–Trinajstić information content (AvgIpc) is 3.24. The summed E-state index contributed by atoms with van der Waals surface area (Å²) in [6.07, 6.45) is 5.55. The van der Waals surface area contributed by atoms with Crippen molar-refractivity contribution in [3.8, 4) is 0 Å². The van der Waals surface area contributed by atoms with Crippen LogP contribution in [0.1, 0.15) is 35.3 Å². The largest absolute Gasteiger partial charge is 0.465 e. The smallest absolute Gasteiger partial charge is 0.339 e. The van der Waals surface area contributed by atoms with Gasteiger partial charge < -0.3 is 10.1 Å². The van der Waals surface area contributed by atoms with Crippen LogP contribution in [0.5, 0.6) is 0 Å². The molecule has 1 unspecified atom stereocenters. The van der Waals surface area contributed by atoms with Crippen molar-refractivity contribution in [3.63, 3.8) is 0 Å². The van der Waals surface area contributed by atoms with Crippen molar-refractivity contribution in [1.29, 1.82) is 0 Å². The first-order valence-corrected chi connectivity index (χ1v) is 7.27. The molecule has 1 aliphatic carbocycles. The lowest BCUT2D eigenvalue weighted by molar-refractivity contribution is 0.0600. The summed E-state index contributed by atoms with van der Waals surface area (Å²) in [6.45, 7) is 3.13. The number of likely N-dealkylation sites (tertiary alicyclic amines) is 1. The highest BCUT2D eigenvalue weighted by molar-refractivity contribution is 5.88. The van der Waals surface area contributed by atoms with E-state index in [9.17, 15) is 4.79 Å². The summed E-state index contributed by atoms with van der Waals surface area (Å²) in [6, 6.07) is 5.07. The van der Waals surface area contributed by atoms with Crippen LogP contribution in [0, 0.1) is 0 Å². The molecule has 2 heterocycles. The summed E-state index contributed by atoms with van der Waals surface area (Å²) >= 11 is 0. The van der Waals surface area contributed by atoms with Crippen LogP contribution in [0.4, 0.5) is 0 Å². The molecule has 1 aliphatic heterocycles. The summed E-state index contributed by atoms with van der Waals surface area (Å²) < 4.78 is 4.66. The van der Waals surface area contributed by atoms with Crippen LogP contribution in [0.25, 0.3) is 0 Å². The molecule has 1 N–H and O–H groups in total. The molecule has 0 amide bonds. The summed E-state index contributed by atoms with van der Waals surface area (Å²) in [5.41, 5.74) is 1.46. The number of pyridine rings is 1. The maximum absolute atomic E-state index is 11.3. The topological polar surface area (TPSA) is 54.5 Å². The van der Waals surface area contributed by atoms with Crippen molar-refractivity contribution < 1.29 is 9.53 Å². The second-order valence-electron chi connectivity index (χ2n) is 5.62. The molecule has 0 radical (unpaired) electrons. The molecular weight excluding hydrogens is 254 g/mol. The number of rotatable bonds is 5. The molecule has 3 rings (SSSR count). The van der Waals surface area contributed by atoms with E-state index in [1.165, 1.54) is 32.9 Å². The van der Waals surface area contributed by atoms with Crippen molar-refractivity contribution in [2.45, 2.75) is 37.9 Å². The highest BCUT2D eigenvalue weighted by Gasteiger charge is 2.34. The van der Waals surface area contributed by atoms with E-state index in [-0.39, 0.29) is 5.97 Å². The Morgan fingerprint density at radius 3 is 2.95 bits per heavy atom. The van der Waals surface area contributed by atoms with Gasteiger partial charge >= 0.3 is 5.97 Å². The SMILES string of the molecule is COC(=O)c1ccc(CNC2CCN(C3CC3)C2)nc1. The van der Waals surface area contributed by atoms with Crippen molar-refractivity contribution in [2.24, 2.45) is 0 Å². The minimum absolute atomic E-state index is 0.340. The van der Waals surface area contributed by atoms with Gasteiger partial charge in [0.05, 0.1) is 18.4 Å². The van der Waals surface area contributed by atoms with Crippen molar-refractivity contribution >= 4 is 5.97 Å². The molecule has 1 atom stereocenters. The van der Waals surface area contributed by atoms with E-state index in [0.29, 0.717) is 11.6 Å². The van der Waals surface area contributed by atoms with Crippen LogP contribution in [0.15, 0.2) is 18.3 Å². The number of nitrogens with one attached hydrogen (secondary N) is 1. The molecule has 0 spiro atoms. The third-order valence-electron chi connectivity index (χ3n) is 4.10. The maximum Gasteiger partial charge on any atom is 0.339 e. The summed E-state index contributed by atoms with van der Waals surface area (Å²) in [5.74, 6) is -0.340. The van der Waals surface area contributed by atoms with Crippen LogP contribution in [-0.4, -0.2) is 48.1 Å². The molecular formula is C15H21N3O2. The zero-order valence-electron chi connectivity index (χ0n) is 11.8. The Kier molecular flexibility index (Phi) is 3.98. The Morgan fingerprint density at radius 2 is 2.30 bits per heavy atom. The Bertz CT molecular complexity index is 471. The van der Waals surface area contributed by atoms with Gasteiger partial charge in [-0.1, -0.05) is 0 Å². The van der Waals surface area contributed by atoms with Gasteiger partial charge in [-0.2, -0.15) is 0 Å². The monoisotopic (exact) mass is 275 g/mol. The molecule has 5 nitrogen and oxygen atoms in total. The highest BCUT2D eigenvalue weighted by Crippen LogP contribution is 2.29. The van der Waals surface area contributed by atoms with E-state index >= 15 is 0 Å². The first kappa shape index (κ1) is 13.5. The van der Waals surface area contributed by atoms with Crippen LogP contribution in [-0.2, 0) is 11.3 Å². The normalized spacial score (nSPS) is 22.9. The Hall–Kier alpha value is -1.46. The molecule has 108 valence electrons. The van der Waals surface area contributed by atoms with Gasteiger partial charge in [0.15, 0.2) is 0 Å². The fraction of sp³-hybridized carbons (Fsp3) is 0.600. The molecule has 1 aromatic rings. The fourth-order valence-electron chi connectivity index (χ4n) is 2.74. The van der Waals surface area contributed by atoms with Crippen molar-refractivity contribution in [1.82, 2.24) is 15.2 Å². The Morgan fingerprint density at radius 1 is 1.45 bits per heavy atom. The lowest BCUT2D eigenvalue weighted by Crippen LogP contribution is -2.33. The highest BCUT2D eigenvalue weighted by atomic mass is 16.5. The van der Waals surface area contributed by atoms with E-state index in [2.05, 4.69) is 19.9 Å². The third kappa shape index (κ3) is 3.16. The molecule has 0 bridgehead atoms. The van der Waals surface area contributed by atoms with Crippen LogP contribution >= 0.6 is 0 Å². The van der Waals surface area contributed by atoms with Crippen LogP contribution in [0.2, 0.25) is 0 Å². The first-order valence-electron chi connectivity index (χ1n) is 7.27. The molecule has 2 aliphatic rings. The number of nitrogens with zero attached hydrogens (tertiary/aromatic N) is 2. The number of ether oxygens (including phenoxy) is 1. The van der Waals surface area contributed by atoms with Gasteiger partial charge in [-0.3, -0.25) is 9.88 Å². The lowest BCUT2D eigenvalue weighted by atomic mass is 10.2. The summed E-state index contributed by atoms with van der Waals surface area (Å²) in [4.78, 5) is 18.2. The number of carbonyl (C=O) groups is 1. The van der Waals surface area contributed by atoms with Crippen LogP contribution in [0.3, 0.4) is 0 Å². The predicted molar refractivity (Wildman–Crippen MR) is 75.4 cm³/mol. The molecule has 5 heteroatoms. The molecule has 1 saturated heterocycles. The number of aromatic nitrogens is 1. The molecule has 2 fully saturated rings. The van der Waals surface area contributed by atoms with Crippen molar-refractivity contribution in [2.75, 3.05) is 20.2 Å². The molecule has 20 heavy (non-hydrogen) atoms. The fourth-order valence-corrected chi connectivity index (χ4v) is 2.74. The summed E-state index contributed by atoms with van der Waals surface area (Å²) in [7, 11) is 1.38. The van der Waals surface area contributed by atoms with Gasteiger partial charge in [-0.15, -0.1) is 0 Å². The Balaban J connectivity index is 1.47. The number of hydrogen-bond donors (Lipinski definition) is 1. The summed E-state index contributed by atoms with van der Waals surface area (Å²) in [5, 5.41) is 3.55.